The molecule has 0 aliphatic heterocycles. The Morgan fingerprint density at radius 3 is 2.79 bits per heavy atom. The first-order chi connectivity index (χ1) is 9.04. The van der Waals surface area contributed by atoms with Gasteiger partial charge >= 0.3 is 0 Å². The zero-order valence-corrected chi connectivity index (χ0v) is 11.2. The zero-order chi connectivity index (χ0) is 14.0. The molecule has 19 heavy (non-hydrogen) atoms. The predicted molar refractivity (Wildman–Crippen MR) is 69.9 cm³/mol. The maximum atomic E-state index is 13.8. The molecule has 3 nitrogen and oxygen atoms in total. The second-order valence-electron chi connectivity index (χ2n) is 4.24. The Balaban J connectivity index is 2.41. The summed E-state index contributed by atoms with van der Waals surface area (Å²) in [6.07, 6.45) is 2.47. The molecule has 1 atom stereocenters. The summed E-state index contributed by atoms with van der Waals surface area (Å²) in [5, 5.41) is 3.86. The van der Waals surface area contributed by atoms with Crippen LogP contribution in [-0.4, -0.2) is 9.78 Å². The lowest BCUT2D eigenvalue weighted by molar-refractivity contribution is 0.539. The van der Waals surface area contributed by atoms with E-state index in [1.54, 1.807) is 16.9 Å². The van der Waals surface area contributed by atoms with Gasteiger partial charge in [0.15, 0.2) is 0 Å². The Labute approximate surface area is 115 Å². The maximum Gasteiger partial charge on any atom is 0.142 e. The molecule has 2 N–H and O–H groups in total. The molecular formula is C13H14ClF2N3. The summed E-state index contributed by atoms with van der Waals surface area (Å²) in [6, 6.07) is 2.89. The molecule has 0 spiro atoms. The maximum absolute atomic E-state index is 13.8. The van der Waals surface area contributed by atoms with Crippen molar-refractivity contribution in [3.8, 4) is 0 Å². The molecule has 6 heteroatoms. The summed E-state index contributed by atoms with van der Waals surface area (Å²) in [6.45, 7) is 2.67. The quantitative estimate of drug-likeness (QED) is 0.876. The summed E-state index contributed by atoms with van der Waals surface area (Å²) < 4.78 is 29.0. The number of nitrogens with two attached hydrogens (primary N) is 1. The summed E-state index contributed by atoms with van der Waals surface area (Å²) in [7, 11) is 0. The molecule has 2 aromatic rings. The van der Waals surface area contributed by atoms with Crippen molar-refractivity contribution in [2.24, 2.45) is 5.73 Å². The van der Waals surface area contributed by atoms with Crippen molar-refractivity contribution in [2.75, 3.05) is 0 Å². The minimum Gasteiger partial charge on any atom is -0.319 e. The molecule has 0 saturated carbocycles. The van der Waals surface area contributed by atoms with Crippen LogP contribution in [0.25, 0.3) is 0 Å². The molecule has 2 rings (SSSR count). The van der Waals surface area contributed by atoms with E-state index >= 15 is 0 Å². The van der Waals surface area contributed by atoms with Gasteiger partial charge in [-0.1, -0.05) is 18.5 Å². The van der Waals surface area contributed by atoms with Crippen LogP contribution in [0.4, 0.5) is 8.78 Å². The second-order valence-corrected chi connectivity index (χ2v) is 4.65. The lowest BCUT2D eigenvalue weighted by Gasteiger charge is -2.15. The van der Waals surface area contributed by atoms with Crippen molar-refractivity contribution in [2.45, 2.75) is 25.9 Å². The molecule has 1 unspecified atom stereocenters. The van der Waals surface area contributed by atoms with E-state index in [4.69, 9.17) is 17.3 Å². The van der Waals surface area contributed by atoms with Crippen LogP contribution in [0.15, 0.2) is 24.4 Å². The summed E-state index contributed by atoms with van der Waals surface area (Å²) in [4.78, 5) is 0. The number of aryl methyl sites for hydroxylation is 1. The smallest absolute Gasteiger partial charge is 0.142 e. The summed E-state index contributed by atoms with van der Waals surface area (Å²) in [5.41, 5.74) is 6.71. The topological polar surface area (TPSA) is 43.8 Å². The van der Waals surface area contributed by atoms with Crippen molar-refractivity contribution >= 4 is 11.6 Å². The van der Waals surface area contributed by atoms with Gasteiger partial charge in [-0.3, -0.25) is 4.68 Å². The molecule has 0 radical (unpaired) electrons. The molecule has 0 saturated heterocycles. The van der Waals surface area contributed by atoms with Crippen molar-refractivity contribution < 1.29 is 8.78 Å². The predicted octanol–water partition coefficient (Wildman–Crippen LogP) is 3.27. The van der Waals surface area contributed by atoms with E-state index < -0.39 is 17.7 Å². The first kappa shape index (κ1) is 14.0. The first-order valence-electron chi connectivity index (χ1n) is 5.96. The molecule has 0 fully saturated rings. The van der Waals surface area contributed by atoms with Gasteiger partial charge in [0.2, 0.25) is 0 Å². The number of hydrogen-bond acceptors (Lipinski definition) is 2. The van der Waals surface area contributed by atoms with Gasteiger partial charge in [-0.15, -0.1) is 0 Å². The highest BCUT2D eigenvalue weighted by molar-refractivity contribution is 6.30. The molecule has 0 aliphatic rings. The normalized spacial score (nSPS) is 12.7. The van der Waals surface area contributed by atoms with Gasteiger partial charge in [-0.2, -0.15) is 5.10 Å². The van der Waals surface area contributed by atoms with E-state index in [2.05, 4.69) is 5.10 Å². The van der Waals surface area contributed by atoms with Crippen LogP contribution in [-0.2, 0) is 6.54 Å². The van der Waals surface area contributed by atoms with Crippen molar-refractivity contribution in [1.82, 2.24) is 9.78 Å². The van der Waals surface area contributed by atoms with Gasteiger partial charge in [0.05, 0.1) is 16.8 Å². The monoisotopic (exact) mass is 285 g/mol. The summed E-state index contributed by atoms with van der Waals surface area (Å²) >= 11 is 5.52. The van der Waals surface area contributed by atoms with Crippen LogP contribution >= 0.6 is 11.6 Å². The van der Waals surface area contributed by atoms with E-state index in [-0.39, 0.29) is 10.6 Å². The molecule has 1 aromatic carbocycles. The largest absolute Gasteiger partial charge is 0.319 e. The van der Waals surface area contributed by atoms with Gasteiger partial charge in [0.1, 0.15) is 11.6 Å². The second kappa shape index (κ2) is 5.67. The average Bonchev–Trinajstić information content (AvgIpc) is 2.82. The third kappa shape index (κ3) is 2.77. The Kier molecular flexibility index (Phi) is 4.17. The van der Waals surface area contributed by atoms with Crippen LogP contribution in [0.2, 0.25) is 5.02 Å². The van der Waals surface area contributed by atoms with Crippen molar-refractivity contribution in [1.29, 1.82) is 0 Å². The number of benzene rings is 1. The highest BCUT2D eigenvalue weighted by atomic mass is 35.5. The van der Waals surface area contributed by atoms with E-state index in [1.165, 1.54) is 0 Å². The van der Waals surface area contributed by atoms with Crippen LogP contribution in [0.5, 0.6) is 0 Å². The fourth-order valence-electron chi connectivity index (χ4n) is 1.94. The van der Waals surface area contributed by atoms with E-state index in [1.807, 2.05) is 6.92 Å². The van der Waals surface area contributed by atoms with E-state index in [0.29, 0.717) is 12.2 Å². The van der Waals surface area contributed by atoms with Gasteiger partial charge in [0.25, 0.3) is 0 Å². The highest BCUT2D eigenvalue weighted by Crippen LogP contribution is 2.26. The average molecular weight is 286 g/mol. The standard InChI is InChI=1S/C13H14ClF2N3/c1-2-5-19-12(3-4-18-19)13(17)8-6-11(16)9(14)7-10(8)15/h3-4,6-7,13H,2,5,17H2,1H3. The van der Waals surface area contributed by atoms with Gasteiger partial charge in [0, 0.05) is 18.3 Å². The first-order valence-corrected chi connectivity index (χ1v) is 6.34. The molecular weight excluding hydrogens is 272 g/mol. The fourth-order valence-corrected chi connectivity index (χ4v) is 2.09. The van der Waals surface area contributed by atoms with Gasteiger partial charge in [-0.25, -0.2) is 8.78 Å². The lowest BCUT2D eigenvalue weighted by Crippen LogP contribution is -2.19. The van der Waals surface area contributed by atoms with Gasteiger partial charge < -0.3 is 5.73 Å². The third-order valence-corrected chi connectivity index (χ3v) is 3.17. The number of rotatable bonds is 4. The number of hydrogen-bond donors (Lipinski definition) is 1. The third-order valence-electron chi connectivity index (χ3n) is 2.88. The molecule has 1 aromatic heterocycles. The molecule has 1 heterocycles. The SMILES string of the molecule is CCCn1nccc1C(N)c1cc(F)c(Cl)cc1F. The van der Waals surface area contributed by atoms with Crippen LogP contribution in [0.3, 0.4) is 0 Å². The molecule has 0 amide bonds. The van der Waals surface area contributed by atoms with Crippen LogP contribution in [0.1, 0.15) is 30.6 Å². The Morgan fingerprint density at radius 2 is 2.11 bits per heavy atom. The lowest BCUT2D eigenvalue weighted by atomic mass is 10.0. The Morgan fingerprint density at radius 1 is 1.37 bits per heavy atom. The number of aromatic nitrogens is 2. The Hall–Kier alpha value is -1.46. The van der Waals surface area contributed by atoms with Crippen LogP contribution < -0.4 is 5.73 Å². The van der Waals surface area contributed by atoms with Gasteiger partial charge in [-0.05, 0) is 24.6 Å². The zero-order valence-electron chi connectivity index (χ0n) is 10.4. The minimum absolute atomic E-state index is 0.0692. The molecule has 0 bridgehead atoms. The summed E-state index contributed by atoms with van der Waals surface area (Å²) in [5.74, 6) is -1.31. The number of halogens is 3. The highest BCUT2D eigenvalue weighted by Gasteiger charge is 2.19. The fraction of sp³-hybridized carbons (Fsp3) is 0.308. The van der Waals surface area contributed by atoms with Crippen LogP contribution in [0, 0.1) is 11.6 Å². The van der Waals surface area contributed by atoms with Crippen molar-refractivity contribution in [3.63, 3.8) is 0 Å². The minimum atomic E-state index is -0.777. The Bertz CT molecular complexity index is 583. The molecule has 0 aliphatic carbocycles. The van der Waals surface area contributed by atoms with E-state index in [9.17, 15) is 8.78 Å². The van der Waals surface area contributed by atoms with Crippen molar-refractivity contribution in [3.05, 3.63) is 52.3 Å². The molecule has 102 valence electrons. The van der Waals surface area contributed by atoms with E-state index in [0.717, 1.165) is 18.6 Å². The number of nitrogens with zero attached hydrogens (tertiary/aromatic N) is 2.